The molecule has 1 aliphatic rings. The number of rotatable bonds is 11. The molecule has 0 aliphatic carbocycles. The van der Waals surface area contributed by atoms with Crippen molar-refractivity contribution >= 4 is 29.1 Å². The van der Waals surface area contributed by atoms with Crippen molar-refractivity contribution in [1.82, 2.24) is 10.6 Å². The van der Waals surface area contributed by atoms with Gasteiger partial charge in [0, 0.05) is 30.8 Å². The van der Waals surface area contributed by atoms with Crippen LogP contribution in [0.1, 0.15) is 43.4 Å². The van der Waals surface area contributed by atoms with Crippen molar-refractivity contribution in [3.8, 4) is 0 Å². The second-order valence-corrected chi connectivity index (χ2v) is 11.0. The van der Waals surface area contributed by atoms with E-state index in [0.29, 0.717) is 17.8 Å². The molecule has 0 bridgehead atoms. The van der Waals surface area contributed by atoms with E-state index in [1.54, 1.807) is 13.1 Å². The minimum Gasteiger partial charge on any atom is -0.352 e. The molecule has 7 nitrogen and oxygen atoms in total. The van der Waals surface area contributed by atoms with Gasteiger partial charge < -0.3 is 15.5 Å². The number of halogens is 2. The fraction of sp³-hybridized carbons (Fsp3) is 0.294. The third-order valence-electron chi connectivity index (χ3n) is 7.36. The largest absolute Gasteiger partial charge is 0.352 e. The predicted molar refractivity (Wildman–Crippen MR) is 163 cm³/mol. The van der Waals surface area contributed by atoms with Crippen molar-refractivity contribution in [3.05, 3.63) is 114 Å². The molecule has 1 heterocycles. The van der Waals surface area contributed by atoms with Crippen molar-refractivity contribution in [2.45, 2.75) is 39.4 Å². The summed E-state index contributed by atoms with van der Waals surface area (Å²) >= 11 is 0. The van der Waals surface area contributed by atoms with E-state index in [-0.39, 0.29) is 24.4 Å². The summed E-state index contributed by atoms with van der Waals surface area (Å²) in [5.41, 5.74) is 3.00. The van der Waals surface area contributed by atoms with Crippen LogP contribution >= 0.6 is 0 Å². The van der Waals surface area contributed by atoms with Gasteiger partial charge in [-0.2, -0.15) is 0 Å². The Balaban J connectivity index is 1.64. The Hall–Kier alpha value is -4.66. The molecule has 3 amide bonds. The first kappa shape index (κ1) is 31.3. The van der Waals surface area contributed by atoms with Gasteiger partial charge >= 0.3 is 0 Å². The minimum atomic E-state index is -1.24. The van der Waals surface area contributed by atoms with E-state index in [4.69, 9.17) is 4.99 Å². The molecule has 0 aromatic heterocycles. The van der Waals surface area contributed by atoms with E-state index in [1.165, 1.54) is 4.90 Å². The number of para-hydroxylation sites is 1. The highest BCUT2D eigenvalue weighted by molar-refractivity contribution is 6.20. The van der Waals surface area contributed by atoms with Gasteiger partial charge in [-0.1, -0.05) is 68.5 Å². The SMILES string of the molecule is C=CC[C@H](C(=O)NCc1cc(F)cc(F)c1)[C@H](CC(C)C)C(=O)NC1N=C(c2ccccc2)c2ccccc2N(C)C1=O. The topological polar surface area (TPSA) is 90.9 Å². The number of amides is 3. The van der Waals surface area contributed by atoms with Gasteiger partial charge in [-0.05, 0) is 42.5 Å². The number of carbonyl (C=O) groups is 3. The zero-order valence-corrected chi connectivity index (χ0v) is 24.5. The summed E-state index contributed by atoms with van der Waals surface area (Å²) in [7, 11) is 1.64. The number of allylic oxidation sites excluding steroid dienone is 1. The van der Waals surface area contributed by atoms with Crippen LogP contribution in [0.2, 0.25) is 0 Å². The summed E-state index contributed by atoms with van der Waals surface area (Å²) in [6, 6.07) is 19.8. The normalized spacial score (nSPS) is 16.0. The zero-order valence-electron chi connectivity index (χ0n) is 24.5. The molecule has 43 heavy (non-hydrogen) atoms. The molecule has 9 heteroatoms. The maximum absolute atomic E-state index is 13.9. The van der Waals surface area contributed by atoms with Crippen LogP contribution in [0.3, 0.4) is 0 Å². The number of nitrogens with zero attached hydrogens (tertiary/aromatic N) is 2. The standard InChI is InChI=1S/C34H36F2N4O3/c1-5-11-26(32(41)37-20-22-17-24(35)19-25(36)18-22)28(16-21(2)3)33(42)39-31-34(43)40(4)29-15-10-9-14-27(29)30(38-31)23-12-7-6-8-13-23/h5-10,12-15,17-19,21,26,28,31H,1,11,16,20H2,2-4H3,(H,37,41)(H,39,42)/t26-,28-,31?/m0/s1. The van der Waals surface area contributed by atoms with Crippen LogP contribution in [0, 0.1) is 29.4 Å². The predicted octanol–water partition coefficient (Wildman–Crippen LogP) is 5.39. The molecular formula is C34H36F2N4O3. The van der Waals surface area contributed by atoms with E-state index in [9.17, 15) is 23.2 Å². The van der Waals surface area contributed by atoms with Gasteiger partial charge in [-0.25, -0.2) is 13.8 Å². The quantitative estimate of drug-likeness (QED) is 0.295. The van der Waals surface area contributed by atoms with Crippen molar-refractivity contribution in [1.29, 1.82) is 0 Å². The Morgan fingerprint density at radius 2 is 1.63 bits per heavy atom. The number of likely N-dealkylation sites (N-methyl/N-ethyl adjacent to an activating group) is 1. The van der Waals surface area contributed by atoms with Gasteiger partial charge in [0.15, 0.2) is 0 Å². The number of hydrogen-bond acceptors (Lipinski definition) is 4. The van der Waals surface area contributed by atoms with Gasteiger partial charge in [0.25, 0.3) is 5.91 Å². The van der Waals surface area contributed by atoms with Crippen LogP contribution in [0.25, 0.3) is 0 Å². The fourth-order valence-corrected chi connectivity index (χ4v) is 5.31. The lowest BCUT2D eigenvalue weighted by atomic mass is 9.82. The maximum Gasteiger partial charge on any atom is 0.272 e. The van der Waals surface area contributed by atoms with Gasteiger partial charge in [0.2, 0.25) is 18.0 Å². The average Bonchev–Trinajstić information content (AvgIpc) is 3.08. The summed E-state index contributed by atoms with van der Waals surface area (Å²) in [6.07, 6.45) is 0.840. The smallest absolute Gasteiger partial charge is 0.272 e. The number of benzene rings is 3. The number of nitrogens with one attached hydrogen (secondary N) is 2. The van der Waals surface area contributed by atoms with Crippen LogP contribution in [-0.4, -0.2) is 36.6 Å². The first-order valence-electron chi connectivity index (χ1n) is 14.2. The van der Waals surface area contributed by atoms with Gasteiger partial charge in [-0.3, -0.25) is 14.4 Å². The van der Waals surface area contributed by atoms with Gasteiger partial charge in [-0.15, -0.1) is 6.58 Å². The monoisotopic (exact) mass is 586 g/mol. The third kappa shape index (κ3) is 7.60. The molecule has 0 fully saturated rings. The average molecular weight is 587 g/mol. The van der Waals surface area contributed by atoms with E-state index >= 15 is 0 Å². The Morgan fingerprint density at radius 1 is 0.977 bits per heavy atom. The highest BCUT2D eigenvalue weighted by atomic mass is 19.1. The van der Waals surface area contributed by atoms with Crippen LogP contribution in [-0.2, 0) is 20.9 Å². The van der Waals surface area contributed by atoms with E-state index in [0.717, 1.165) is 29.3 Å². The lowest BCUT2D eigenvalue weighted by Gasteiger charge is -2.28. The number of aliphatic imine (C=N–C) groups is 1. The number of hydrogen-bond donors (Lipinski definition) is 2. The number of benzodiazepines with no additional fused rings is 1. The molecule has 1 aliphatic heterocycles. The number of carbonyl (C=O) groups excluding carboxylic acids is 3. The van der Waals surface area contributed by atoms with Crippen LogP contribution in [0.5, 0.6) is 0 Å². The Kier molecular flexibility index (Phi) is 10.2. The van der Waals surface area contributed by atoms with Crippen molar-refractivity contribution in [2.75, 3.05) is 11.9 Å². The number of anilines is 1. The van der Waals surface area contributed by atoms with E-state index < -0.39 is 47.4 Å². The summed E-state index contributed by atoms with van der Waals surface area (Å²) in [5.74, 6) is -4.52. The summed E-state index contributed by atoms with van der Waals surface area (Å²) in [4.78, 5) is 47.3. The van der Waals surface area contributed by atoms with Crippen molar-refractivity contribution < 1.29 is 23.2 Å². The van der Waals surface area contributed by atoms with Gasteiger partial charge in [0.05, 0.1) is 23.2 Å². The lowest BCUT2D eigenvalue weighted by Crippen LogP contribution is -2.50. The zero-order chi connectivity index (χ0) is 31.1. The highest BCUT2D eigenvalue weighted by Crippen LogP contribution is 2.29. The van der Waals surface area contributed by atoms with Crippen molar-refractivity contribution in [3.63, 3.8) is 0 Å². The molecule has 0 radical (unpaired) electrons. The second-order valence-electron chi connectivity index (χ2n) is 11.0. The maximum atomic E-state index is 13.9. The minimum absolute atomic E-state index is 0.0355. The molecule has 1 unspecified atom stereocenters. The molecule has 3 aromatic rings. The van der Waals surface area contributed by atoms with Crippen molar-refractivity contribution in [2.24, 2.45) is 22.7 Å². The molecule has 0 saturated carbocycles. The first-order chi connectivity index (χ1) is 20.6. The summed E-state index contributed by atoms with van der Waals surface area (Å²) in [6.45, 7) is 7.52. The fourth-order valence-electron chi connectivity index (χ4n) is 5.31. The molecular weight excluding hydrogens is 550 g/mol. The van der Waals surface area contributed by atoms with E-state index in [1.807, 2.05) is 68.4 Å². The molecule has 0 spiro atoms. The second kappa shape index (κ2) is 14.0. The van der Waals surface area contributed by atoms with Crippen LogP contribution in [0.4, 0.5) is 14.5 Å². The molecule has 224 valence electrons. The summed E-state index contributed by atoms with van der Waals surface area (Å²) in [5, 5.41) is 5.54. The Labute approximate surface area is 250 Å². The molecule has 3 aromatic carbocycles. The van der Waals surface area contributed by atoms with Crippen LogP contribution < -0.4 is 15.5 Å². The highest BCUT2D eigenvalue weighted by Gasteiger charge is 2.37. The van der Waals surface area contributed by atoms with E-state index in [2.05, 4.69) is 17.2 Å². The molecule has 4 rings (SSSR count). The van der Waals surface area contributed by atoms with Crippen LogP contribution in [0.15, 0.2) is 90.4 Å². The summed E-state index contributed by atoms with van der Waals surface area (Å²) < 4.78 is 27.4. The third-order valence-corrected chi connectivity index (χ3v) is 7.36. The number of fused-ring (bicyclic) bond motifs is 1. The molecule has 0 saturated heterocycles. The Bertz CT molecular complexity index is 1500. The molecule has 2 N–H and O–H groups in total. The Morgan fingerprint density at radius 3 is 2.28 bits per heavy atom. The first-order valence-corrected chi connectivity index (χ1v) is 14.2. The molecule has 3 atom stereocenters. The lowest BCUT2D eigenvalue weighted by molar-refractivity contribution is -0.137. The van der Waals surface area contributed by atoms with Gasteiger partial charge in [0.1, 0.15) is 11.6 Å².